The number of carbonyl (C=O) groups is 1. The fourth-order valence-electron chi connectivity index (χ4n) is 2.93. The summed E-state index contributed by atoms with van der Waals surface area (Å²) in [5.41, 5.74) is 5.01. The number of rotatable bonds is 5. The van der Waals surface area contributed by atoms with Gasteiger partial charge in [0.05, 0.1) is 10.5 Å². The van der Waals surface area contributed by atoms with Crippen LogP contribution in [0, 0.1) is 16.0 Å². The maximum atomic E-state index is 12.1. The van der Waals surface area contributed by atoms with E-state index < -0.39 is 10.8 Å². The molecule has 136 valence electrons. The van der Waals surface area contributed by atoms with Crippen LogP contribution in [0.15, 0.2) is 30.9 Å². The molecule has 2 aromatic rings. The molecule has 1 amide bonds. The Kier molecular flexibility index (Phi) is 5.20. The SMILES string of the molecule is CC1CCCN(c2ncnc(NNC(=O)c3cccnc3)c2[N+](=O)[O-])C1. The highest BCUT2D eigenvalue weighted by molar-refractivity contribution is 5.94. The van der Waals surface area contributed by atoms with E-state index in [-0.39, 0.29) is 17.3 Å². The van der Waals surface area contributed by atoms with E-state index in [1.54, 1.807) is 18.3 Å². The Morgan fingerprint density at radius 3 is 2.96 bits per heavy atom. The zero-order valence-electron chi connectivity index (χ0n) is 14.3. The van der Waals surface area contributed by atoms with E-state index >= 15 is 0 Å². The molecule has 0 spiro atoms. The van der Waals surface area contributed by atoms with Gasteiger partial charge in [0.15, 0.2) is 0 Å². The van der Waals surface area contributed by atoms with Crippen molar-refractivity contribution in [1.29, 1.82) is 0 Å². The summed E-state index contributed by atoms with van der Waals surface area (Å²) >= 11 is 0. The van der Waals surface area contributed by atoms with Crippen molar-refractivity contribution in [3.05, 3.63) is 46.5 Å². The number of anilines is 2. The molecule has 1 aliphatic rings. The number of amides is 1. The molecular formula is C16H19N7O3. The Bertz CT molecular complexity index is 800. The van der Waals surface area contributed by atoms with E-state index in [0.717, 1.165) is 12.8 Å². The Balaban J connectivity index is 1.82. The van der Waals surface area contributed by atoms with Gasteiger partial charge in [0.1, 0.15) is 6.33 Å². The Labute approximate surface area is 149 Å². The standard InChI is InChI=1S/C16H19N7O3/c1-11-4-3-7-22(9-11)15-13(23(25)26)14(18-10-19-15)20-21-16(24)12-5-2-6-17-8-12/h2,5-6,8,10-11H,3-4,7,9H2,1H3,(H,21,24)(H,18,19,20). The zero-order chi connectivity index (χ0) is 18.5. The fourth-order valence-corrected chi connectivity index (χ4v) is 2.93. The van der Waals surface area contributed by atoms with Crippen LogP contribution < -0.4 is 15.8 Å². The van der Waals surface area contributed by atoms with E-state index in [1.807, 2.05) is 4.90 Å². The van der Waals surface area contributed by atoms with Gasteiger partial charge in [-0.3, -0.25) is 30.7 Å². The molecule has 2 N–H and O–H groups in total. The third-order valence-corrected chi connectivity index (χ3v) is 4.16. The molecule has 0 radical (unpaired) electrons. The third kappa shape index (κ3) is 3.85. The quantitative estimate of drug-likeness (QED) is 0.612. The van der Waals surface area contributed by atoms with Gasteiger partial charge in [0.2, 0.25) is 11.6 Å². The minimum atomic E-state index is -0.535. The molecule has 1 unspecified atom stereocenters. The summed E-state index contributed by atoms with van der Waals surface area (Å²) in [5, 5.41) is 11.6. The van der Waals surface area contributed by atoms with Gasteiger partial charge in [-0.1, -0.05) is 6.92 Å². The first-order chi connectivity index (χ1) is 12.6. The van der Waals surface area contributed by atoms with Gasteiger partial charge in [-0.15, -0.1) is 0 Å². The Hall–Kier alpha value is -3.30. The van der Waals surface area contributed by atoms with Gasteiger partial charge in [-0.2, -0.15) is 0 Å². The summed E-state index contributed by atoms with van der Waals surface area (Å²) < 4.78 is 0. The minimum Gasteiger partial charge on any atom is -0.350 e. The zero-order valence-corrected chi connectivity index (χ0v) is 14.3. The number of hydrogen-bond donors (Lipinski definition) is 2. The molecule has 1 fully saturated rings. The molecular weight excluding hydrogens is 338 g/mol. The van der Waals surface area contributed by atoms with Crippen molar-refractivity contribution >= 4 is 23.2 Å². The average Bonchev–Trinajstić information content (AvgIpc) is 2.66. The lowest BCUT2D eigenvalue weighted by atomic mass is 10.0. The van der Waals surface area contributed by atoms with E-state index in [1.165, 1.54) is 12.5 Å². The van der Waals surface area contributed by atoms with Crippen molar-refractivity contribution in [2.45, 2.75) is 19.8 Å². The molecule has 10 heteroatoms. The summed E-state index contributed by atoms with van der Waals surface area (Å²) in [6, 6.07) is 3.20. The van der Waals surface area contributed by atoms with Gasteiger partial charge >= 0.3 is 5.69 Å². The largest absolute Gasteiger partial charge is 0.355 e. The molecule has 3 rings (SSSR count). The molecule has 1 saturated heterocycles. The highest BCUT2D eigenvalue weighted by atomic mass is 16.6. The second kappa shape index (κ2) is 7.72. The van der Waals surface area contributed by atoms with E-state index in [4.69, 9.17) is 0 Å². The first-order valence-electron chi connectivity index (χ1n) is 8.27. The van der Waals surface area contributed by atoms with Gasteiger partial charge in [0, 0.05) is 25.5 Å². The normalized spacial score (nSPS) is 16.8. The number of hydrogen-bond acceptors (Lipinski definition) is 8. The van der Waals surface area contributed by atoms with Crippen LogP contribution in [0.25, 0.3) is 0 Å². The summed E-state index contributed by atoms with van der Waals surface area (Å²) in [4.78, 5) is 37.0. The van der Waals surface area contributed by atoms with Crippen molar-refractivity contribution in [1.82, 2.24) is 20.4 Å². The monoisotopic (exact) mass is 357 g/mol. The minimum absolute atomic E-state index is 0.0598. The molecule has 26 heavy (non-hydrogen) atoms. The first-order valence-corrected chi connectivity index (χ1v) is 8.27. The third-order valence-electron chi connectivity index (χ3n) is 4.16. The Morgan fingerprint density at radius 2 is 2.27 bits per heavy atom. The first kappa shape index (κ1) is 17.5. The maximum Gasteiger partial charge on any atom is 0.355 e. The maximum absolute atomic E-state index is 12.1. The van der Waals surface area contributed by atoms with Gasteiger partial charge < -0.3 is 4.90 Å². The molecule has 2 aromatic heterocycles. The molecule has 1 aliphatic heterocycles. The summed E-state index contributed by atoms with van der Waals surface area (Å²) in [6.45, 7) is 3.50. The summed E-state index contributed by atoms with van der Waals surface area (Å²) in [5.74, 6) is 0.157. The number of carbonyl (C=O) groups excluding carboxylic acids is 1. The topological polar surface area (TPSA) is 126 Å². The van der Waals surface area contributed by atoms with Gasteiger partial charge in [0.25, 0.3) is 5.91 Å². The second-order valence-electron chi connectivity index (χ2n) is 6.17. The van der Waals surface area contributed by atoms with Crippen LogP contribution in [-0.4, -0.2) is 38.9 Å². The predicted molar refractivity (Wildman–Crippen MR) is 94.6 cm³/mol. The predicted octanol–water partition coefficient (Wildman–Crippen LogP) is 1.77. The number of pyridine rings is 1. The summed E-state index contributed by atoms with van der Waals surface area (Å²) in [6.07, 6.45) is 6.22. The van der Waals surface area contributed by atoms with Crippen LogP contribution in [0.4, 0.5) is 17.3 Å². The lowest BCUT2D eigenvalue weighted by Crippen LogP contribution is -2.36. The van der Waals surface area contributed by atoms with Crippen molar-refractivity contribution in [3.8, 4) is 0 Å². The smallest absolute Gasteiger partial charge is 0.350 e. The number of aromatic nitrogens is 3. The fraction of sp³-hybridized carbons (Fsp3) is 0.375. The van der Waals surface area contributed by atoms with Crippen LogP contribution in [0.3, 0.4) is 0 Å². The molecule has 3 heterocycles. The number of nitrogens with zero attached hydrogens (tertiary/aromatic N) is 5. The van der Waals surface area contributed by atoms with Crippen LogP contribution >= 0.6 is 0 Å². The van der Waals surface area contributed by atoms with Crippen LogP contribution in [0.1, 0.15) is 30.1 Å². The van der Waals surface area contributed by atoms with Crippen LogP contribution in [0.5, 0.6) is 0 Å². The molecule has 0 saturated carbocycles. The van der Waals surface area contributed by atoms with Crippen molar-refractivity contribution in [3.63, 3.8) is 0 Å². The van der Waals surface area contributed by atoms with E-state index in [2.05, 4.69) is 32.7 Å². The number of hydrazine groups is 1. The van der Waals surface area contributed by atoms with Gasteiger partial charge in [-0.25, -0.2) is 9.97 Å². The van der Waals surface area contributed by atoms with Crippen molar-refractivity contribution in [2.75, 3.05) is 23.4 Å². The number of nitrogens with one attached hydrogen (secondary N) is 2. The van der Waals surface area contributed by atoms with Crippen LogP contribution in [0.2, 0.25) is 0 Å². The Morgan fingerprint density at radius 1 is 1.42 bits per heavy atom. The molecule has 10 nitrogen and oxygen atoms in total. The van der Waals surface area contributed by atoms with Crippen molar-refractivity contribution < 1.29 is 9.72 Å². The number of nitro groups is 1. The van der Waals surface area contributed by atoms with Crippen molar-refractivity contribution in [2.24, 2.45) is 5.92 Å². The molecule has 0 bridgehead atoms. The lowest BCUT2D eigenvalue weighted by Gasteiger charge is -2.31. The molecule has 1 atom stereocenters. The van der Waals surface area contributed by atoms with Gasteiger partial charge in [-0.05, 0) is 30.9 Å². The molecule has 0 aromatic carbocycles. The highest BCUT2D eigenvalue weighted by Crippen LogP contribution is 2.33. The van der Waals surface area contributed by atoms with Crippen LogP contribution in [-0.2, 0) is 0 Å². The van der Waals surface area contributed by atoms with E-state index in [9.17, 15) is 14.9 Å². The summed E-state index contributed by atoms with van der Waals surface area (Å²) in [7, 11) is 0. The lowest BCUT2D eigenvalue weighted by molar-refractivity contribution is -0.383. The average molecular weight is 357 g/mol. The molecule has 0 aliphatic carbocycles. The van der Waals surface area contributed by atoms with E-state index in [0.29, 0.717) is 24.6 Å². The second-order valence-corrected chi connectivity index (χ2v) is 6.17. The number of piperidine rings is 1. The highest BCUT2D eigenvalue weighted by Gasteiger charge is 2.29.